The molecule has 0 aromatic carbocycles. The van der Waals surface area contributed by atoms with Crippen molar-refractivity contribution in [1.82, 2.24) is 4.90 Å². The molecular formula is C19H36N4O3. The number of carboxylic acid groups (broad SMARTS) is 1. The Morgan fingerprint density at radius 2 is 1.92 bits per heavy atom. The second-order valence-corrected chi connectivity index (χ2v) is 7.88. The van der Waals surface area contributed by atoms with Gasteiger partial charge in [0.15, 0.2) is 5.96 Å². The zero-order valence-corrected chi connectivity index (χ0v) is 16.9. The molecule has 0 bridgehead atoms. The second-order valence-electron chi connectivity index (χ2n) is 7.88. The van der Waals surface area contributed by atoms with Gasteiger partial charge in [0.2, 0.25) is 0 Å². The van der Waals surface area contributed by atoms with Gasteiger partial charge in [0.1, 0.15) is 6.04 Å². The second kappa shape index (κ2) is 11.0. The number of nitrogens with two attached hydrogens (primary N) is 1. The number of carboxylic acids is 1. The van der Waals surface area contributed by atoms with Crippen molar-refractivity contribution in [2.75, 3.05) is 34.2 Å². The predicted octanol–water partition coefficient (Wildman–Crippen LogP) is 0.450. The Balaban J connectivity index is 4.57. The van der Waals surface area contributed by atoms with E-state index < -0.39 is 18.1 Å². The minimum absolute atomic E-state index is 0.0359. The van der Waals surface area contributed by atoms with Gasteiger partial charge in [0.05, 0.1) is 33.2 Å². The number of guanidine groups is 1. The van der Waals surface area contributed by atoms with Gasteiger partial charge in [-0.25, -0.2) is 0 Å². The number of aliphatic hydroxyl groups excluding tert-OH is 1. The maximum absolute atomic E-state index is 11.3. The van der Waals surface area contributed by atoms with Crippen molar-refractivity contribution in [1.29, 1.82) is 5.41 Å². The number of rotatable bonds is 12. The molecule has 0 saturated heterocycles. The van der Waals surface area contributed by atoms with Crippen LogP contribution in [0.25, 0.3) is 0 Å². The number of aliphatic hydroxyl groups is 1. The number of likely N-dealkylation sites (N-methyl/N-ethyl adjacent to an activating group) is 1. The highest BCUT2D eigenvalue weighted by Gasteiger charge is 2.24. The number of hydrogen-bond donors (Lipinski definition) is 3. The molecule has 2 atom stereocenters. The van der Waals surface area contributed by atoms with Gasteiger partial charge in [-0.05, 0) is 33.1 Å². The van der Waals surface area contributed by atoms with Gasteiger partial charge in [-0.3, -0.25) is 5.41 Å². The van der Waals surface area contributed by atoms with Crippen molar-refractivity contribution < 1.29 is 19.5 Å². The van der Waals surface area contributed by atoms with E-state index in [4.69, 9.17) is 11.1 Å². The van der Waals surface area contributed by atoms with Crippen molar-refractivity contribution in [2.45, 2.75) is 51.7 Å². The van der Waals surface area contributed by atoms with Crippen molar-refractivity contribution in [3.63, 3.8) is 0 Å². The molecule has 0 heterocycles. The van der Waals surface area contributed by atoms with E-state index in [2.05, 4.69) is 6.58 Å². The summed E-state index contributed by atoms with van der Waals surface area (Å²) < 4.78 is 0.298. The van der Waals surface area contributed by atoms with Gasteiger partial charge < -0.3 is 30.1 Å². The minimum atomic E-state index is -1.06. The van der Waals surface area contributed by atoms with Crippen LogP contribution in [0, 0.1) is 5.41 Å². The van der Waals surface area contributed by atoms with Crippen LogP contribution in [0.4, 0.5) is 0 Å². The van der Waals surface area contributed by atoms with Crippen molar-refractivity contribution in [2.24, 2.45) is 5.73 Å². The first kappa shape index (κ1) is 24.1. The van der Waals surface area contributed by atoms with Crippen LogP contribution in [0.5, 0.6) is 0 Å². The van der Waals surface area contributed by atoms with Crippen LogP contribution < -0.4 is 10.8 Å². The number of carbonyl (C=O) groups excluding carboxylic acids is 1. The molecule has 0 radical (unpaired) electrons. The number of hydrogen-bond acceptors (Lipinski definition) is 4. The molecule has 0 rings (SSSR count). The Morgan fingerprint density at radius 3 is 2.35 bits per heavy atom. The normalized spacial score (nSPS) is 14.6. The molecule has 26 heavy (non-hydrogen) atoms. The number of allylic oxidation sites excluding steroid dienone is 1. The van der Waals surface area contributed by atoms with E-state index >= 15 is 0 Å². The van der Waals surface area contributed by atoms with Crippen LogP contribution in [0.1, 0.15) is 39.5 Å². The number of quaternary nitrogens is 1. The number of aliphatic carboxylic acids is 1. The number of carbonyl (C=O) groups is 1. The highest BCUT2D eigenvalue weighted by atomic mass is 16.4. The molecule has 150 valence electrons. The van der Waals surface area contributed by atoms with Gasteiger partial charge in [-0.1, -0.05) is 23.8 Å². The van der Waals surface area contributed by atoms with Crippen molar-refractivity contribution in [3.8, 4) is 0 Å². The summed E-state index contributed by atoms with van der Waals surface area (Å²) in [6.07, 6.45) is 3.92. The number of nitrogens with one attached hydrogen (secondary N) is 1. The third-order valence-corrected chi connectivity index (χ3v) is 4.49. The van der Waals surface area contributed by atoms with Crippen molar-refractivity contribution >= 4 is 11.9 Å². The topological polar surface area (TPSA) is 113 Å². The molecule has 0 amide bonds. The predicted molar refractivity (Wildman–Crippen MR) is 103 cm³/mol. The summed E-state index contributed by atoms with van der Waals surface area (Å²) in [7, 11) is 5.48. The lowest BCUT2D eigenvalue weighted by Gasteiger charge is -2.35. The third-order valence-electron chi connectivity index (χ3n) is 4.49. The molecule has 0 aliphatic carbocycles. The molecule has 2 unspecified atom stereocenters. The summed E-state index contributed by atoms with van der Waals surface area (Å²) in [6, 6.07) is -0.593. The fraction of sp³-hybridized carbons (Fsp3) is 0.684. The standard InChI is InChI=1S/C19H36N4O3/c1-14(2)17(24)10-9-15(3)11-13-22(19(20)21)12-7-8-16(18(25)26)23(4,5)6/h11,16-17,24H,1,7-10,12-13H2,2-6H3,(H3-,20,21,25,26)/b15-11+. The fourth-order valence-corrected chi connectivity index (χ4v) is 2.59. The molecule has 0 aliphatic rings. The smallest absolute Gasteiger partial charge is 0.188 e. The molecule has 0 aromatic heterocycles. The fourth-order valence-electron chi connectivity index (χ4n) is 2.59. The first-order valence-corrected chi connectivity index (χ1v) is 8.96. The summed E-state index contributed by atoms with van der Waals surface area (Å²) in [4.78, 5) is 13.0. The quantitative estimate of drug-likeness (QED) is 0.200. The molecule has 0 spiro atoms. The molecule has 0 saturated carbocycles. The molecule has 7 heteroatoms. The molecular weight excluding hydrogens is 332 g/mol. The van der Waals surface area contributed by atoms with Crippen LogP contribution in [0.3, 0.4) is 0 Å². The van der Waals surface area contributed by atoms with Gasteiger partial charge >= 0.3 is 0 Å². The maximum Gasteiger partial charge on any atom is 0.188 e. The molecule has 0 aliphatic heterocycles. The third kappa shape index (κ3) is 9.58. The summed E-state index contributed by atoms with van der Waals surface area (Å²) in [5.74, 6) is -1.09. The SMILES string of the molecule is C=C(C)C(O)CC/C(C)=C/CN(CCCC(C(=O)[O-])[N+](C)(C)C)C(=N)N. The Bertz CT molecular complexity index is 523. The monoisotopic (exact) mass is 368 g/mol. The summed E-state index contributed by atoms with van der Waals surface area (Å²) in [6.45, 7) is 8.52. The van der Waals surface area contributed by atoms with E-state index in [0.29, 0.717) is 36.8 Å². The number of nitrogens with zero attached hydrogens (tertiary/aromatic N) is 2. The Kier molecular flexibility index (Phi) is 10.2. The highest BCUT2D eigenvalue weighted by molar-refractivity contribution is 5.74. The molecule has 0 aromatic rings. The first-order chi connectivity index (χ1) is 11.9. The van der Waals surface area contributed by atoms with E-state index in [0.717, 1.165) is 17.6 Å². The van der Waals surface area contributed by atoms with Gasteiger partial charge in [0, 0.05) is 19.5 Å². The van der Waals surface area contributed by atoms with Gasteiger partial charge in [0.25, 0.3) is 0 Å². The van der Waals surface area contributed by atoms with E-state index in [1.54, 1.807) is 11.8 Å². The Morgan fingerprint density at radius 1 is 1.35 bits per heavy atom. The maximum atomic E-state index is 11.3. The Labute approximate surface area is 157 Å². The first-order valence-electron chi connectivity index (χ1n) is 8.96. The van der Waals surface area contributed by atoms with Crippen LogP contribution in [-0.4, -0.2) is 72.8 Å². The van der Waals surface area contributed by atoms with Crippen LogP contribution in [0.2, 0.25) is 0 Å². The molecule has 0 fully saturated rings. The average Bonchev–Trinajstić information content (AvgIpc) is 2.49. The zero-order valence-electron chi connectivity index (χ0n) is 16.9. The average molecular weight is 369 g/mol. The van der Waals surface area contributed by atoms with Crippen molar-refractivity contribution in [3.05, 3.63) is 23.8 Å². The lowest BCUT2D eigenvalue weighted by molar-refractivity contribution is -0.889. The molecule has 7 nitrogen and oxygen atoms in total. The van der Waals surface area contributed by atoms with Gasteiger partial charge in [-0.15, -0.1) is 0 Å². The van der Waals surface area contributed by atoms with E-state index in [1.165, 1.54) is 0 Å². The lowest BCUT2D eigenvalue weighted by Crippen LogP contribution is -2.55. The summed E-state index contributed by atoms with van der Waals surface area (Å²) >= 11 is 0. The lowest BCUT2D eigenvalue weighted by atomic mass is 10.0. The summed E-state index contributed by atoms with van der Waals surface area (Å²) in [5.41, 5.74) is 7.50. The van der Waals surface area contributed by atoms with Crippen LogP contribution >= 0.6 is 0 Å². The van der Waals surface area contributed by atoms with E-state index in [9.17, 15) is 15.0 Å². The largest absolute Gasteiger partial charge is 0.544 e. The Hall–Kier alpha value is -1.86. The zero-order chi connectivity index (χ0) is 20.5. The molecule has 4 N–H and O–H groups in total. The van der Waals surface area contributed by atoms with Gasteiger partial charge in [-0.2, -0.15) is 0 Å². The van der Waals surface area contributed by atoms with E-state index in [1.807, 2.05) is 34.1 Å². The van der Waals surface area contributed by atoms with Crippen LogP contribution in [0.15, 0.2) is 23.8 Å². The summed E-state index contributed by atoms with van der Waals surface area (Å²) in [5, 5.41) is 28.8. The minimum Gasteiger partial charge on any atom is -0.544 e. The highest BCUT2D eigenvalue weighted by Crippen LogP contribution is 2.13. The van der Waals surface area contributed by atoms with E-state index in [-0.39, 0.29) is 5.96 Å². The van der Waals surface area contributed by atoms with Crippen LogP contribution in [-0.2, 0) is 4.79 Å².